The summed E-state index contributed by atoms with van der Waals surface area (Å²) in [5.41, 5.74) is 0.472. The monoisotopic (exact) mass is 342 g/mol. The van der Waals surface area contributed by atoms with Gasteiger partial charge in [0.15, 0.2) is 0 Å². The number of nitrogens with one attached hydrogen (secondary N) is 2. The number of halogens is 1. The molecule has 1 aromatic carbocycles. The lowest BCUT2D eigenvalue weighted by Crippen LogP contribution is -2.52. The maximum absolute atomic E-state index is 12.0. The lowest BCUT2D eigenvalue weighted by Gasteiger charge is -2.22. The van der Waals surface area contributed by atoms with E-state index in [9.17, 15) is 24.3 Å². The molecule has 23 heavy (non-hydrogen) atoms. The number of carbonyl (C=O) groups is 4. The molecule has 2 amide bonds. The van der Waals surface area contributed by atoms with E-state index in [1.54, 1.807) is 30.3 Å². The molecule has 1 rings (SSSR count). The van der Waals surface area contributed by atoms with Crippen molar-refractivity contribution in [2.45, 2.75) is 23.9 Å². The van der Waals surface area contributed by atoms with Crippen LogP contribution in [0.4, 0.5) is 0 Å². The van der Waals surface area contributed by atoms with Gasteiger partial charge in [-0.1, -0.05) is 30.3 Å². The van der Waals surface area contributed by atoms with E-state index in [0.29, 0.717) is 5.56 Å². The first kappa shape index (κ1) is 18.4. The number of carbonyl (C=O) groups excluding carboxylic acids is 2. The van der Waals surface area contributed by atoms with Crippen molar-refractivity contribution in [3.63, 3.8) is 0 Å². The molecule has 0 aliphatic heterocycles. The van der Waals surface area contributed by atoms with Crippen LogP contribution in [0.5, 0.6) is 0 Å². The molecule has 0 saturated heterocycles. The van der Waals surface area contributed by atoms with Gasteiger partial charge < -0.3 is 20.8 Å². The minimum Gasteiger partial charge on any atom is -0.481 e. The SMILES string of the molecule is O=CN[C@@H](CC(=O)O)C(=O)NC(C(=O)O)C(Cl)c1ccccc1. The second-order valence-corrected chi connectivity index (χ2v) is 5.04. The van der Waals surface area contributed by atoms with Crippen molar-refractivity contribution in [2.75, 3.05) is 0 Å². The summed E-state index contributed by atoms with van der Waals surface area (Å²) >= 11 is 6.10. The Bertz CT molecular complexity index is 580. The molecule has 0 aliphatic rings. The summed E-state index contributed by atoms with van der Waals surface area (Å²) in [4.78, 5) is 44.5. The van der Waals surface area contributed by atoms with E-state index >= 15 is 0 Å². The standard InChI is InChI=1S/C14H15ClN2O6/c15-11(8-4-2-1-3-5-8)12(14(22)23)17-13(21)9(16-7-18)6-10(19)20/h1-5,7,9,11-12H,6H2,(H,16,18)(H,17,21)(H,19,20)(H,22,23)/t9-,11?,12?/m0/s1. The molecule has 0 radical (unpaired) electrons. The van der Waals surface area contributed by atoms with Crippen LogP contribution in [0.15, 0.2) is 30.3 Å². The smallest absolute Gasteiger partial charge is 0.328 e. The van der Waals surface area contributed by atoms with E-state index in [0.717, 1.165) is 0 Å². The molecule has 2 unspecified atom stereocenters. The highest BCUT2D eigenvalue weighted by atomic mass is 35.5. The maximum Gasteiger partial charge on any atom is 0.328 e. The zero-order chi connectivity index (χ0) is 17.4. The van der Waals surface area contributed by atoms with Crippen LogP contribution in [0, 0.1) is 0 Å². The van der Waals surface area contributed by atoms with Crippen molar-refractivity contribution in [3.05, 3.63) is 35.9 Å². The first-order chi connectivity index (χ1) is 10.9. The predicted molar refractivity (Wildman–Crippen MR) is 79.8 cm³/mol. The Labute approximate surface area is 136 Å². The Hall–Kier alpha value is -2.61. The lowest BCUT2D eigenvalue weighted by molar-refractivity contribution is -0.143. The van der Waals surface area contributed by atoms with Gasteiger partial charge in [-0.3, -0.25) is 14.4 Å². The number of aliphatic carboxylic acids is 2. The fourth-order valence-corrected chi connectivity index (χ4v) is 2.14. The quantitative estimate of drug-likeness (QED) is 0.372. The van der Waals surface area contributed by atoms with E-state index in [-0.39, 0.29) is 6.41 Å². The average molecular weight is 343 g/mol. The van der Waals surface area contributed by atoms with E-state index in [4.69, 9.17) is 16.7 Å². The molecule has 0 aromatic heterocycles. The van der Waals surface area contributed by atoms with Crippen LogP contribution in [-0.2, 0) is 19.2 Å². The molecule has 8 nitrogen and oxygen atoms in total. The Morgan fingerprint density at radius 1 is 1.17 bits per heavy atom. The van der Waals surface area contributed by atoms with Crippen LogP contribution in [0.3, 0.4) is 0 Å². The van der Waals surface area contributed by atoms with Crippen LogP contribution < -0.4 is 10.6 Å². The van der Waals surface area contributed by atoms with E-state index in [1.165, 1.54) is 0 Å². The van der Waals surface area contributed by atoms with Crippen molar-refractivity contribution in [1.82, 2.24) is 10.6 Å². The van der Waals surface area contributed by atoms with Gasteiger partial charge in [0.05, 0.1) is 11.8 Å². The molecule has 3 atom stereocenters. The number of benzene rings is 1. The van der Waals surface area contributed by atoms with Gasteiger partial charge in [0.1, 0.15) is 12.1 Å². The second kappa shape index (κ2) is 8.74. The minimum atomic E-state index is -1.49. The third-order valence-electron chi connectivity index (χ3n) is 2.94. The molecule has 0 heterocycles. The topological polar surface area (TPSA) is 133 Å². The molecule has 124 valence electrons. The Morgan fingerprint density at radius 3 is 2.26 bits per heavy atom. The highest BCUT2D eigenvalue weighted by Crippen LogP contribution is 2.24. The number of rotatable bonds is 9. The van der Waals surface area contributed by atoms with Crippen LogP contribution in [0.1, 0.15) is 17.4 Å². The van der Waals surface area contributed by atoms with Gasteiger partial charge in [-0.25, -0.2) is 4.79 Å². The maximum atomic E-state index is 12.0. The number of carboxylic acid groups (broad SMARTS) is 2. The number of hydrogen-bond donors (Lipinski definition) is 4. The molecule has 0 spiro atoms. The third-order valence-corrected chi connectivity index (χ3v) is 3.44. The summed E-state index contributed by atoms with van der Waals surface area (Å²) in [6, 6.07) is 5.34. The first-order valence-corrected chi connectivity index (χ1v) is 6.94. The Morgan fingerprint density at radius 2 is 1.78 bits per heavy atom. The fraction of sp³-hybridized carbons (Fsp3) is 0.286. The van der Waals surface area contributed by atoms with Crippen LogP contribution in [-0.4, -0.2) is 46.6 Å². The molecule has 0 fully saturated rings. The normalized spacial score (nSPS) is 14.1. The van der Waals surface area contributed by atoms with Crippen LogP contribution in [0.25, 0.3) is 0 Å². The summed E-state index contributed by atoms with van der Waals surface area (Å²) in [6.07, 6.45) is -0.520. The van der Waals surface area contributed by atoms with Gasteiger partial charge in [0.2, 0.25) is 12.3 Å². The van der Waals surface area contributed by atoms with Gasteiger partial charge in [0.25, 0.3) is 0 Å². The van der Waals surface area contributed by atoms with Crippen molar-refractivity contribution in [1.29, 1.82) is 0 Å². The highest BCUT2D eigenvalue weighted by molar-refractivity contribution is 6.23. The number of alkyl halides is 1. The lowest BCUT2D eigenvalue weighted by atomic mass is 10.0. The van der Waals surface area contributed by atoms with Gasteiger partial charge >= 0.3 is 11.9 Å². The summed E-state index contributed by atoms with van der Waals surface area (Å²) in [7, 11) is 0. The molecule has 0 aliphatic carbocycles. The van der Waals surface area contributed by atoms with Gasteiger partial charge in [-0.15, -0.1) is 11.6 Å². The summed E-state index contributed by atoms with van der Waals surface area (Å²) < 4.78 is 0. The van der Waals surface area contributed by atoms with Crippen LogP contribution in [0.2, 0.25) is 0 Å². The van der Waals surface area contributed by atoms with E-state index in [1.807, 2.05) is 5.32 Å². The summed E-state index contributed by atoms with van der Waals surface area (Å²) in [5, 5.41) is 21.1. The molecule has 4 N–H and O–H groups in total. The van der Waals surface area contributed by atoms with E-state index in [2.05, 4.69) is 5.32 Å². The van der Waals surface area contributed by atoms with Crippen molar-refractivity contribution >= 4 is 35.9 Å². The van der Waals surface area contributed by atoms with E-state index < -0.39 is 41.7 Å². The summed E-state index contributed by atoms with van der Waals surface area (Å²) in [5.74, 6) is -3.66. The minimum absolute atomic E-state index is 0.165. The second-order valence-electron chi connectivity index (χ2n) is 4.57. The number of amides is 2. The zero-order valence-corrected chi connectivity index (χ0v) is 12.6. The van der Waals surface area contributed by atoms with Crippen LogP contribution >= 0.6 is 11.6 Å². The third kappa shape index (κ3) is 5.59. The zero-order valence-electron chi connectivity index (χ0n) is 11.8. The molecule has 9 heteroatoms. The van der Waals surface area contributed by atoms with Gasteiger partial charge in [-0.05, 0) is 5.56 Å². The molecular weight excluding hydrogens is 328 g/mol. The number of hydrogen-bond acceptors (Lipinski definition) is 4. The first-order valence-electron chi connectivity index (χ1n) is 6.50. The van der Waals surface area contributed by atoms with Crippen molar-refractivity contribution in [3.8, 4) is 0 Å². The number of carboxylic acids is 2. The molecule has 0 saturated carbocycles. The van der Waals surface area contributed by atoms with Crippen molar-refractivity contribution < 1.29 is 29.4 Å². The van der Waals surface area contributed by atoms with Gasteiger partial charge in [0, 0.05) is 0 Å². The van der Waals surface area contributed by atoms with Crippen molar-refractivity contribution in [2.24, 2.45) is 0 Å². The Kier molecular flexibility index (Phi) is 7.01. The predicted octanol–water partition coefficient (Wildman–Crippen LogP) is 0.125. The summed E-state index contributed by atoms with van der Waals surface area (Å²) in [6.45, 7) is 0. The highest BCUT2D eigenvalue weighted by Gasteiger charge is 2.32. The Balaban J connectivity index is 2.89. The fourth-order valence-electron chi connectivity index (χ4n) is 1.83. The molecular formula is C14H15ClN2O6. The average Bonchev–Trinajstić information content (AvgIpc) is 2.51. The molecule has 0 bridgehead atoms. The largest absolute Gasteiger partial charge is 0.481 e. The molecule has 1 aromatic rings. The van der Waals surface area contributed by atoms with Gasteiger partial charge in [-0.2, -0.15) is 0 Å².